The molecule has 0 fully saturated rings. The molecule has 0 saturated heterocycles. The maximum Gasteiger partial charge on any atom is 0.413 e. The van der Waals surface area contributed by atoms with E-state index in [-0.39, 0.29) is 10.7 Å². The number of amides is 2. The summed E-state index contributed by atoms with van der Waals surface area (Å²) in [6.45, 7) is 7.48. The van der Waals surface area contributed by atoms with Gasteiger partial charge in [0.2, 0.25) is 0 Å². The summed E-state index contributed by atoms with van der Waals surface area (Å²) in [6, 6.07) is 0. The molecule has 9 heteroatoms. The van der Waals surface area contributed by atoms with Gasteiger partial charge in [0.05, 0.1) is 12.8 Å². The van der Waals surface area contributed by atoms with Crippen LogP contribution >= 0.6 is 11.6 Å². The molecule has 2 amide bonds. The van der Waals surface area contributed by atoms with Crippen LogP contribution in [-0.4, -0.2) is 41.0 Å². The molecule has 0 aromatic carbocycles. The Balaban J connectivity index is 2.84. The van der Waals surface area contributed by atoms with Gasteiger partial charge in [-0.1, -0.05) is 25.4 Å². The van der Waals surface area contributed by atoms with Crippen LogP contribution in [0.25, 0.3) is 0 Å². The Hall–Kier alpha value is -2.09. The zero-order valence-electron chi connectivity index (χ0n) is 13.7. The SMILES string of the molecule is COC(=O)NC(=O)[C@@H](C)OC(=O)c1c(C)nn(CC(C)C)c1Cl. The second kappa shape index (κ2) is 7.96. The number of aryl methyl sites for hydroxylation is 1. The van der Waals surface area contributed by atoms with Crippen molar-refractivity contribution in [3.63, 3.8) is 0 Å². The van der Waals surface area contributed by atoms with Crippen LogP contribution in [0, 0.1) is 12.8 Å². The number of methoxy groups -OCH3 is 1. The number of nitrogens with zero attached hydrogens (tertiary/aromatic N) is 2. The lowest BCUT2D eigenvalue weighted by Crippen LogP contribution is -2.39. The van der Waals surface area contributed by atoms with Crippen LogP contribution in [0.5, 0.6) is 0 Å². The van der Waals surface area contributed by atoms with Crippen molar-refractivity contribution in [2.45, 2.75) is 40.3 Å². The van der Waals surface area contributed by atoms with Crippen LogP contribution in [0.2, 0.25) is 5.15 Å². The molecule has 0 radical (unpaired) electrons. The van der Waals surface area contributed by atoms with Crippen LogP contribution in [0.3, 0.4) is 0 Å². The fourth-order valence-corrected chi connectivity index (χ4v) is 2.10. The van der Waals surface area contributed by atoms with Gasteiger partial charge >= 0.3 is 12.1 Å². The van der Waals surface area contributed by atoms with E-state index in [0.29, 0.717) is 18.2 Å². The number of carbonyl (C=O) groups excluding carboxylic acids is 3. The molecular weight excluding hydrogens is 326 g/mol. The minimum atomic E-state index is -1.19. The zero-order valence-corrected chi connectivity index (χ0v) is 14.4. The quantitative estimate of drug-likeness (QED) is 0.818. The number of imide groups is 1. The third-order valence-corrected chi connectivity index (χ3v) is 3.26. The normalized spacial score (nSPS) is 12.0. The number of esters is 1. The first-order chi connectivity index (χ1) is 10.7. The maximum absolute atomic E-state index is 12.2. The third kappa shape index (κ3) is 4.95. The molecule has 1 N–H and O–H groups in total. The summed E-state index contributed by atoms with van der Waals surface area (Å²) >= 11 is 6.16. The van der Waals surface area contributed by atoms with Crippen LogP contribution in [-0.2, 0) is 20.8 Å². The van der Waals surface area contributed by atoms with E-state index < -0.39 is 24.1 Å². The number of halogens is 1. The fourth-order valence-electron chi connectivity index (χ4n) is 1.78. The largest absolute Gasteiger partial charge is 0.453 e. The fraction of sp³-hybridized carbons (Fsp3) is 0.571. The number of rotatable bonds is 5. The van der Waals surface area contributed by atoms with Gasteiger partial charge in [-0.25, -0.2) is 9.59 Å². The first kappa shape index (κ1) is 19.0. The van der Waals surface area contributed by atoms with E-state index in [1.807, 2.05) is 19.2 Å². The molecule has 1 heterocycles. The predicted molar refractivity (Wildman–Crippen MR) is 82.2 cm³/mol. The van der Waals surface area contributed by atoms with Crippen molar-refractivity contribution in [3.8, 4) is 0 Å². The van der Waals surface area contributed by atoms with E-state index >= 15 is 0 Å². The molecule has 0 bridgehead atoms. The second-order valence-electron chi connectivity index (χ2n) is 5.36. The first-order valence-electron chi connectivity index (χ1n) is 7.00. The number of aromatic nitrogens is 2. The van der Waals surface area contributed by atoms with E-state index in [2.05, 4.69) is 9.84 Å². The summed E-state index contributed by atoms with van der Waals surface area (Å²) in [5.41, 5.74) is 0.506. The van der Waals surface area contributed by atoms with Gasteiger partial charge in [-0.3, -0.25) is 14.8 Å². The molecule has 0 unspecified atom stereocenters. The lowest BCUT2D eigenvalue weighted by molar-refractivity contribution is -0.128. The van der Waals surface area contributed by atoms with Gasteiger partial charge < -0.3 is 9.47 Å². The molecule has 0 saturated carbocycles. The minimum absolute atomic E-state index is 0.102. The highest BCUT2D eigenvalue weighted by Crippen LogP contribution is 2.22. The highest BCUT2D eigenvalue weighted by Gasteiger charge is 2.26. The molecule has 0 aliphatic rings. The van der Waals surface area contributed by atoms with E-state index in [4.69, 9.17) is 16.3 Å². The van der Waals surface area contributed by atoms with Crippen molar-refractivity contribution in [1.82, 2.24) is 15.1 Å². The Morgan fingerprint density at radius 3 is 2.43 bits per heavy atom. The second-order valence-corrected chi connectivity index (χ2v) is 5.71. The molecular formula is C14H20ClN3O5. The number of hydrogen-bond acceptors (Lipinski definition) is 6. The van der Waals surface area contributed by atoms with E-state index in [1.54, 1.807) is 6.92 Å². The van der Waals surface area contributed by atoms with Crippen molar-refractivity contribution in [3.05, 3.63) is 16.4 Å². The first-order valence-corrected chi connectivity index (χ1v) is 7.37. The maximum atomic E-state index is 12.2. The van der Waals surface area contributed by atoms with Gasteiger partial charge in [-0.2, -0.15) is 5.10 Å². The minimum Gasteiger partial charge on any atom is -0.453 e. The highest BCUT2D eigenvalue weighted by atomic mass is 35.5. The van der Waals surface area contributed by atoms with Crippen molar-refractivity contribution in [2.24, 2.45) is 5.92 Å². The summed E-state index contributed by atoms with van der Waals surface area (Å²) in [6.07, 6.45) is -2.12. The standard InChI is InChI=1S/C14H20ClN3O5/c1-7(2)6-18-11(15)10(8(3)17-18)13(20)23-9(4)12(19)16-14(21)22-5/h7,9H,6H2,1-5H3,(H,16,19,21)/t9-/m1/s1. The molecule has 23 heavy (non-hydrogen) atoms. The number of nitrogens with one attached hydrogen (secondary N) is 1. The van der Waals surface area contributed by atoms with Gasteiger partial charge in [0, 0.05) is 6.54 Å². The van der Waals surface area contributed by atoms with Gasteiger partial charge in [-0.05, 0) is 19.8 Å². The van der Waals surface area contributed by atoms with Crippen LogP contribution < -0.4 is 5.32 Å². The van der Waals surface area contributed by atoms with Gasteiger partial charge in [0.15, 0.2) is 6.10 Å². The molecule has 8 nitrogen and oxygen atoms in total. The molecule has 0 aliphatic carbocycles. The van der Waals surface area contributed by atoms with E-state index in [9.17, 15) is 14.4 Å². The predicted octanol–water partition coefficient (Wildman–Crippen LogP) is 1.93. The summed E-state index contributed by atoms with van der Waals surface area (Å²) in [7, 11) is 1.12. The summed E-state index contributed by atoms with van der Waals surface area (Å²) in [4.78, 5) is 34.8. The van der Waals surface area contributed by atoms with Gasteiger partial charge in [0.1, 0.15) is 10.7 Å². The Morgan fingerprint density at radius 1 is 1.30 bits per heavy atom. The van der Waals surface area contributed by atoms with Crippen molar-refractivity contribution in [2.75, 3.05) is 7.11 Å². The zero-order chi connectivity index (χ0) is 17.7. The van der Waals surface area contributed by atoms with Crippen LogP contribution in [0.15, 0.2) is 0 Å². The monoisotopic (exact) mass is 345 g/mol. The third-order valence-electron chi connectivity index (χ3n) is 2.87. The van der Waals surface area contributed by atoms with Crippen LogP contribution in [0.4, 0.5) is 4.79 Å². The molecule has 1 aromatic heterocycles. The summed E-state index contributed by atoms with van der Waals surface area (Å²) in [5.74, 6) is -1.29. The van der Waals surface area contributed by atoms with Crippen molar-refractivity contribution in [1.29, 1.82) is 0 Å². The molecule has 0 aliphatic heterocycles. The molecule has 1 aromatic rings. The average Bonchev–Trinajstić information content (AvgIpc) is 2.72. The number of ether oxygens (including phenoxy) is 2. The highest BCUT2D eigenvalue weighted by molar-refractivity contribution is 6.32. The molecule has 128 valence electrons. The topological polar surface area (TPSA) is 99.5 Å². The lowest BCUT2D eigenvalue weighted by Gasteiger charge is -2.12. The average molecular weight is 346 g/mol. The van der Waals surface area contributed by atoms with Crippen molar-refractivity contribution < 1.29 is 23.9 Å². The van der Waals surface area contributed by atoms with E-state index in [0.717, 1.165) is 7.11 Å². The van der Waals surface area contributed by atoms with Crippen LogP contribution in [0.1, 0.15) is 36.8 Å². The van der Waals surface area contributed by atoms with Gasteiger partial charge in [-0.15, -0.1) is 0 Å². The number of hydrogen-bond donors (Lipinski definition) is 1. The molecule has 1 atom stereocenters. The Labute approximate surface area is 139 Å². The van der Waals surface area contributed by atoms with Gasteiger partial charge in [0.25, 0.3) is 5.91 Å². The Morgan fingerprint density at radius 2 is 1.91 bits per heavy atom. The van der Waals surface area contributed by atoms with E-state index in [1.165, 1.54) is 11.6 Å². The molecule has 0 spiro atoms. The smallest absolute Gasteiger partial charge is 0.413 e. The summed E-state index contributed by atoms with van der Waals surface area (Å²) in [5, 5.41) is 6.26. The molecule has 1 rings (SSSR count). The Kier molecular flexibility index (Phi) is 6.56. The Bertz CT molecular complexity index is 612. The van der Waals surface area contributed by atoms with Crippen molar-refractivity contribution >= 4 is 29.6 Å². The lowest BCUT2D eigenvalue weighted by atomic mass is 10.2. The number of alkyl carbamates (subject to hydrolysis) is 1. The summed E-state index contributed by atoms with van der Waals surface area (Å²) < 4.78 is 10.8. The number of carbonyl (C=O) groups is 3.